The van der Waals surface area contributed by atoms with Crippen LogP contribution in [0.3, 0.4) is 0 Å². The number of nitrogens with zero attached hydrogens (tertiary/aromatic N) is 1. The van der Waals surface area contributed by atoms with Gasteiger partial charge in [-0.15, -0.1) is 0 Å². The fourth-order valence-corrected chi connectivity index (χ4v) is 3.18. The van der Waals surface area contributed by atoms with E-state index in [2.05, 4.69) is 0 Å². The second-order valence-electron chi connectivity index (χ2n) is 4.51. The lowest BCUT2D eigenvalue weighted by atomic mass is 10.1. The first kappa shape index (κ1) is 14.9. The van der Waals surface area contributed by atoms with E-state index in [9.17, 15) is 9.18 Å². The highest BCUT2D eigenvalue weighted by Crippen LogP contribution is 2.34. The number of thioether (sulfide) groups is 1. The van der Waals surface area contributed by atoms with Crippen molar-refractivity contribution in [2.24, 2.45) is 5.73 Å². The highest BCUT2D eigenvalue weighted by Gasteiger charge is 2.29. The molecule has 1 aliphatic rings. The van der Waals surface area contributed by atoms with Gasteiger partial charge in [0.2, 0.25) is 0 Å². The average Bonchev–Trinajstić information content (AvgIpc) is 2.79. The first-order valence-electron chi connectivity index (χ1n) is 6.26. The first-order valence-corrected chi connectivity index (χ1v) is 7.14. The zero-order valence-corrected chi connectivity index (χ0v) is 12.0. The third-order valence-electron chi connectivity index (χ3n) is 2.94. The van der Waals surface area contributed by atoms with Crippen LogP contribution in [0.2, 0.25) is 0 Å². The van der Waals surface area contributed by atoms with Crippen LogP contribution >= 0.6 is 11.8 Å². The van der Waals surface area contributed by atoms with E-state index < -0.39 is 5.37 Å². The van der Waals surface area contributed by atoms with Crippen LogP contribution in [0.4, 0.5) is 4.39 Å². The third kappa shape index (κ3) is 3.74. The molecule has 108 valence electrons. The Morgan fingerprint density at radius 3 is 3.00 bits per heavy atom. The maximum absolute atomic E-state index is 13.2. The summed E-state index contributed by atoms with van der Waals surface area (Å²) in [5, 5.41) is -0.409. The monoisotopic (exact) mass is 296 g/mol. The van der Waals surface area contributed by atoms with E-state index in [1.165, 1.54) is 23.9 Å². The molecule has 2 N–H and O–H groups in total. The molecule has 1 heterocycles. The summed E-state index contributed by atoms with van der Waals surface area (Å²) in [6, 6.07) is 6.45. The molecule has 0 saturated carbocycles. The number of halogens is 1. The van der Waals surface area contributed by atoms with Gasteiger partial charge < -0.3 is 15.4 Å². The van der Waals surface area contributed by atoms with Crippen LogP contribution in [-0.4, -0.2) is 36.4 Å². The molecular weight excluding hydrogens is 279 g/mol. The normalized spacial score (nSPS) is 18.2. The standard InChI is InChI=1S/C14H17FN2O2S/c1-19-6-5-17-9-12(20-14(17)13(16)18)8-10-3-2-4-11(15)7-10/h2-4,7,9,14H,5-6,8H2,1H3,(H2,16,18). The fourth-order valence-electron chi connectivity index (χ4n) is 2.03. The van der Waals surface area contributed by atoms with E-state index in [4.69, 9.17) is 10.5 Å². The lowest BCUT2D eigenvalue weighted by Crippen LogP contribution is -2.38. The molecule has 0 radical (unpaired) electrons. The molecule has 0 aliphatic carbocycles. The number of benzene rings is 1. The molecule has 0 spiro atoms. The minimum atomic E-state index is -0.409. The zero-order chi connectivity index (χ0) is 14.5. The number of ether oxygens (including phenoxy) is 1. The minimum Gasteiger partial charge on any atom is -0.383 e. The molecule has 0 fully saturated rings. The fraction of sp³-hybridized carbons (Fsp3) is 0.357. The molecule has 0 saturated heterocycles. The molecule has 6 heteroatoms. The molecule has 2 rings (SSSR count). The van der Waals surface area contributed by atoms with Crippen molar-refractivity contribution in [1.29, 1.82) is 0 Å². The number of carbonyl (C=O) groups excluding carboxylic acids is 1. The lowest BCUT2D eigenvalue weighted by Gasteiger charge is -2.21. The van der Waals surface area contributed by atoms with Crippen LogP contribution in [0.1, 0.15) is 5.56 Å². The zero-order valence-electron chi connectivity index (χ0n) is 11.2. The summed E-state index contributed by atoms with van der Waals surface area (Å²) in [6.07, 6.45) is 2.50. The molecule has 0 bridgehead atoms. The number of allylic oxidation sites excluding steroid dienone is 1. The van der Waals surface area contributed by atoms with Crippen molar-refractivity contribution < 1.29 is 13.9 Å². The van der Waals surface area contributed by atoms with Crippen LogP contribution < -0.4 is 5.73 Å². The molecule has 1 aromatic carbocycles. The second-order valence-corrected chi connectivity index (χ2v) is 5.71. The Bertz CT molecular complexity index is 522. The van der Waals surface area contributed by atoms with E-state index in [0.29, 0.717) is 19.6 Å². The highest BCUT2D eigenvalue weighted by atomic mass is 32.2. The van der Waals surface area contributed by atoms with Gasteiger partial charge in [0, 0.05) is 31.2 Å². The van der Waals surface area contributed by atoms with Gasteiger partial charge in [-0.05, 0) is 17.7 Å². The summed E-state index contributed by atoms with van der Waals surface area (Å²) in [4.78, 5) is 14.3. The van der Waals surface area contributed by atoms with Gasteiger partial charge >= 0.3 is 0 Å². The van der Waals surface area contributed by atoms with Crippen molar-refractivity contribution in [3.05, 3.63) is 46.8 Å². The van der Waals surface area contributed by atoms with Crippen molar-refractivity contribution in [2.75, 3.05) is 20.3 Å². The molecule has 1 unspecified atom stereocenters. The number of carbonyl (C=O) groups is 1. The van der Waals surface area contributed by atoms with E-state index in [0.717, 1.165) is 10.5 Å². The summed E-state index contributed by atoms with van der Waals surface area (Å²) in [5.74, 6) is -0.634. The predicted molar refractivity (Wildman–Crippen MR) is 77.3 cm³/mol. The van der Waals surface area contributed by atoms with Crippen LogP contribution in [0.15, 0.2) is 35.4 Å². The van der Waals surface area contributed by atoms with Crippen molar-refractivity contribution in [2.45, 2.75) is 11.8 Å². The Morgan fingerprint density at radius 1 is 1.55 bits per heavy atom. The van der Waals surface area contributed by atoms with Crippen LogP contribution in [0.5, 0.6) is 0 Å². The number of methoxy groups -OCH3 is 1. The largest absolute Gasteiger partial charge is 0.383 e. The van der Waals surface area contributed by atoms with Crippen molar-refractivity contribution >= 4 is 17.7 Å². The Balaban J connectivity index is 2.06. The van der Waals surface area contributed by atoms with E-state index in [-0.39, 0.29) is 11.7 Å². The van der Waals surface area contributed by atoms with Gasteiger partial charge in [0.15, 0.2) is 5.37 Å². The van der Waals surface area contributed by atoms with Gasteiger partial charge in [0.1, 0.15) is 5.82 Å². The smallest absolute Gasteiger partial charge is 0.250 e. The number of hydrogen-bond acceptors (Lipinski definition) is 4. The number of rotatable bonds is 6. The number of primary amides is 1. The Hall–Kier alpha value is -1.53. The molecule has 20 heavy (non-hydrogen) atoms. The Kier molecular flexibility index (Phi) is 5.03. The van der Waals surface area contributed by atoms with Gasteiger partial charge in [-0.3, -0.25) is 4.79 Å². The lowest BCUT2D eigenvalue weighted by molar-refractivity contribution is -0.119. The topological polar surface area (TPSA) is 55.6 Å². The Labute approximate surface area is 121 Å². The SMILES string of the molecule is COCCN1C=C(Cc2cccc(F)c2)SC1C(N)=O. The summed E-state index contributed by atoms with van der Waals surface area (Å²) in [7, 11) is 1.61. The van der Waals surface area contributed by atoms with Crippen molar-refractivity contribution in [1.82, 2.24) is 4.90 Å². The van der Waals surface area contributed by atoms with Gasteiger partial charge in [-0.2, -0.15) is 0 Å². The second kappa shape index (κ2) is 6.76. The van der Waals surface area contributed by atoms with Crippen LogP contribution in [0, 0.1) is 5.82 Å². The maximum Gasteiger partial charge on any atom is 0.250 e. The van der Waals surface area contributed by atoms with Gasteiger partial charge in [-0.1, -0.05) is 23.9 Å². The highest BCUT2D eigenvalue weighted by molar-refractivity contribution is 8.04. The average molecular weight is 296 g/mol. The van der Waals surface area contributed by atoms with E-state index in [1.54, 1.807) is 13.2 Å². The first-order chi connectivity index (χ1) is 9.60. The summed E-state index contributed by atoms with van der Waals surface area (Å²) in [5.41, 5.74) is 6.28. The van der Waals surface area contributed by atoms with Crippen molar-refractivity contribution in [3.8, 4) is 0 Å². The van der Waals surface area contributed by atoms with Crippen LogP contribution in [-0.2, 0) is 16.0 Å². The number of amides is 1. The number of nitrogens with two attached hydrogens (primary N) is 1. The number of hydrogen-bond donors (Lipinski definition) is 1. The Morgan fingerprint density at radius 2 is 2.35 bits per heavy atom. The van der Waals surface area contributed by atoms with Crippen LogP contribution in [0.25, 0.3) is 0 Å². The third-order valence-corrected chi connectivity index (χ3v) is 4.22. The molecular formula is C14H17FN2O2S. The predicted octanol–water partition coefficient (Wildman–Crippen LogP) is 1.72. The molecule has 1 aliphatic heterocycles. The molecule has 0 aromatic heterocycles. The summed E-state index contributed by atoms with van der Waals surface area (Å²) in [6.45, 7) is 1.12. The van der Waals surface area contributed by atoms with E-state index >= 15 is 0 Å². The quantitative estimate of drug-likeness (QED) is 0.868. The van der Waals surface area contributed by atoms with Gasteiger partial charge in [0.05, 0.1) is 6.61 Å². The van der Waals surface area contributed by atoms with Crippen molar-refractivity contribution in [3.63, 3.8) is 0 Å². The summed E-state index contributed by atoms with van der Waals surface area (Å²) < 4.78 is 18.2. The molecule has 4 nitrogen and oxygen atoms in total. The minimum absolute atomic E-state index is 0.256. The summed E-state index contributed by atoms with van der Waals surface area (Å²) >= 11 is 1.41. The van der Waals surface area contributed by atoms with Gasteiger partial charge in [-0.25, -0.2) is 4.39 Å². The van der Waals surface area contributed by atoms with Gasteiger partial charge in [0.25, 0.3) is 5.91 Å². The molecule has 1 amide bonds. The molecule has 1 atom stereocenters. The van der Waals surface area contributed by atoms with E-state index in [1.807, 2.05) is 17.2 Å². The maximum atomic E-state index is 13.2. The molecule has 1 aromatic rings.